The average Bonchev–Trinajstić information content (AvgIpc) is 2.88. The van der Waals surface area contributed by atoms with Gasteiger partial charge in [0.2, 0.25) is 0 Å². The Morgan fingerprint density at radius 2 is 2.05 bits per heavy atom. The molecule has 1 atom stereocenters. The molecular formula is C17H22BrNO2. The second kappa shape index (κ2) is 7.66. The summed E-state index contributed by atoms with van der Waals surface area (Å²) in [7, 11) is 0. The Bertz CT molecular complexity index is 580. The molecule has 2 rings (SSSR count). The molecule has 0 bridgehead atoms. The molecule has 1 heterocycles. The summed E-state index contributed by atoms with van der Waals surface area (Å²) in [6.07, 6.45) is 1.07. The van der Waals surface area contributed by atoms with Crippen LogP contribution in [0.5, 0.6) is 5.75 Å². The maximum atomic E-state index is 5.82. The van der Waals surface area contributed by atoms with Crippen molar-refractivity contribution in [1.29, 1.82) is 0 Å². The second-order valence-electron chi connectivity index (χ2n) is 4.95. The van der Waals surface area contributed by atoms with Gasteiger partial charge in [0.05, 0.1) is 12.6 Å². The fraction of sp³-hybridized carbons (Fsp3) is 0.412. The van der Waals surface area contributed by atoms with Crippen molar-refractivity contribution >= 4 is 15.9 Å². The summed E-state index contributed by atoms with van der Waals surface area (Å²) in [6.45, 7) is 7.71. The third-order valence-electron chi connectivity index (χ3n) is 3.24. The Morgan fingerprint density at radius 3 is 2.62 bits per heavy atom. The Labute approximate surface area is 134 Å². The summed E-state index contributed by atoms with van der Waals surface area (Å²) in [5, 5.41) is 3.54. The van der Waals surface area contributed by atoms with Crippen LogP contribution in [-0.2, 0) is 0 Å². The van der Waals surface area contributed by atoms with Crippen molar-refractivity contribution < 1.29 is 9.15 Å². The largest absolute Gasteiger partial charge is 0.494 e. The van der Waals surface area contributed by atoms with Gasteiger partial charge >= 0.3 is 0 Å². The fourth-order valence-corrected chi connectivity index (χ4v) is 2.85. The molecule has 0 amide bonds. The van der Waals surface area contributed by atoms with Crippen LogP contribution >= 0.6 is 15.9 Å². The van der Waals surface area contributed by atoms with E-state index in [0.29, 0.717) is 6.61 Å². The minimum Gasteiger partial charge on any atom is -0.494 e. The van der Waals surface area contributed by atoms with Gasteiger partial charge in [-0.2, -0.15) is 0 Å². The van der Waals surface area contributed by atoms with Gasteiger partial charge < -0.3 is 14.5 Å². The van der Waals surface area contributed by atoms with Crippen LogP contribution in [0.15, 0.2) is 39.2 Å². The first-order chi connectivity index (χ1) is 10.2. The van der Waals surface area contributed by atoms with E-state index in [-0.39, 0.29) is 6.04 Å². The quantitative estimate of drug-likeness (QED) is 0.774. The van der Waals surface area contributed by atoms with Crippen molar-refractivity contribution in [2.45, 2.75) is 33.2 Å². The van der Waals surface area contributed by atoms with Crippen LogP contribution in [0.3, 0.4) is 0 Å². The predicted octanol–water partition coefficient (Wildman–Crippen LogP) is 4.84. The number of rotatable bonds is 7. The number of benzene rings is 1. The first-order valence-corrected chi connectivity index (χ1v) is 8.17. The van der Waals surface area contributed by atoms with E-state index in [4.69, 9.17) is 9.15 Å². The molecule has 1 aromatic carbocycles. The first kappa shape index (κ1) is 16.1. The second-order valence-corrected chi connectivity index (χ2v) is 5.81. The van der Waals surface area contributed by atoms with Crippen LogP contribution in [0.25, 0.3) is 0 Å². The highest BCUT2D eigenvalue weighted by Gasteiger charge is 2.19. The minimum absolute atomic E-state index is 0.0451. The molecule has 0 radical (unpaired) electrons. The molecule has 0 saturated heterocycles. The van der Waals surface area contributed by atoms with E-state index < -0.39 is 0 Å². The molecule has 0 saturated carbocycles. The van der Waals surface area contributed by atoms with Gasteiger partial charge in [0.15, 0.2) is 0 Å². The third kappa shape index (κ3) is 4.11. The highest BCUT2D eigenvalue weighted by molar-refractivity contribution is 9.10. The summed E-state index contributed by atoms with van der Waals surface area (Å²) in [5.74, 6) is 2.74. The zero-order valence-corrected chi connectivity index (χ0v) is 14.4. The Hall–Kier alpha value is -1.26. The van der Waals surface area contributed by atoms with Crippen molar-refractivity contribution in [2.75, 3.05) is 13.2 Å². The Kier molecular flexibility index (Phi) is 5.88. The SMILES string of the molecule is CCCNC(c1ccc(C)o1)c1ccc(OCC)cc1Br. The molecule has 1 aromatic heterocycles. The van der Waals surface area contributed by atoms with Crippen molar-refractivity contribution in [3.05, 3.63) is 51.9 Å². The highest BCUT2D eigenvalue weighted by atomic mass is 79.9. The average molecular weight is 352 g/mol. The van der Waals surface area contributed by atoms with Gasteiger partial charge in [-0.1, -0.05) is 28.9 Å². The van der Waals surface area contributed by atoms with Gasteiger partial charge in [-0.25, -0.2) is 0 Å². The van der Waals surface area contributed by atoms with E-state index in [2.05, 4.69) is 34.2 Å². The van der Waals surface area contributed by atoms with Crippen molar-refractivity contribution in [3.8, 4) is 5.75 Å². The van der Waals surface area contributed by atoms with Crippen LogP contribution in [0.1, 0.15) is 43.4 Å². The zero-order valence-electron chi connectivity index (χ0n) is 12.8. The molecule has 0 spiro atoms. The number of hydrogen-bond acceptors (Lipinski definition) is 3. The summed E-state index contributed by atoms with van der Waals surface area (Å²) >= 11 is 3.65. The van der Waals surface area contributed by atoms with Crippen LogP contribution < -0.4 is 10.1 Å². The van der Waals surface area contributed by atoms with Crippen molar-refractivity contribution in [1.82, 2.24) is 5.32 Å². The molecule has 0 aliphatic carbocycles. The highest BCUT2D eigenvalue weighted by Crippen LogP contribution is 2.32. The van der Waals surface area contributed by atoms with Gasteiger partial charge in [-0.3, -0.25) is 0 Å². The van der Waals surface area contributed by atoms with E-state index in [1.54, 1.807) is 0 Å². The summed E-state index contributed by atoms with van der Waals surface area (Å²) < 4.78 is 12.4. The number of furan rings is 1. The van der Waals surface area contributed by atoms with Gasteiger partial charge in [-0.05, 0) is 56.6 Å². The molecule has 0 aliphatic heterocycles. The number of aryl methyl sites for hydroxylation is 1. The third-order valence-corrected chi connectivity index (χ3v) is 3.92. The molecule has 1 unspecified atom stereocenters. The smallest absolute Gasteiger partial charge is 0.125 e. The van der Waals surface area contributed by atoms with Crippen LogP contribution in [0.4, 0.5) is 0 Å². The predicted molar refractivity (Wildman–Crippen MR) is 88.9 cm³/mol. The van der Waals surface area contributed by atoms with Crippen molar-refractivity contribution in [2.24, 2.45) is 0 Å². The summed E-state index contributed by atoms with van der Waals surface area (Å²) in [4.78, 5) is 0. The molecule has 4 heteroatoms. The lowest BCUT2D eigenvalue weighted by molar-refractivity contribution is 0.339. The number of hydrogen-bond donors (Lipinski definition) is 1. The fourth-order valence-electron chi connectivity index (χ4n) is 2.26. The molecular weight excluding hydrogens is 330 g/mol. The van der Waals surface area contributed by atoms with Crippen LogP contribution in [0.2, 0.25) is 0 Å². The topological polar surface area (TPSA) is 34.4 Å². The maximum absolute atomic E-state index is 5.82. The van der Waals surface area contributed by atoms with Gasteiger partial charge in [0, 0.05) is 4.47 Å². The van der Waals surface area contributed by atoms with E-state index in [0.717, 1.165) is 40.3 Å². The molecule has 2 aromatic rings. The Balaban J connectivity index is 2.32. The van der Waals surface area contributed by atoms with Crippen LogP contribution in [0, 0.1) is 6.92 Å². The lowest BCUT2D eigenvalue weighted by Gasteiger charge is -2.19. The first-order valence-electron chi connectivity index (χ1n) is 7.37. The van der Waals surface area contributed by atoms with Gasteiger partial charge in [0.1, 0.15) is 17.3 Å². The monoisotopic (exact) mass is 351 g/mol. The Morgan fingerprint density at radius 1 is 1.24 bits per heavy atom. The lowest BCUT2D eigenvalue weighted by atomic mass is 10.0. The molecule has 0 fully saturated rings. The lowest BCUT2D eigenvalue weighted by Crippen LogP contribution is -2.23. The molecule has 3 nitrogen and oxygen atoms in total. The van der Waals surface area contributed by atoms with Crippen LogP contribution in [-0.4, -0.2) is 13.2 Å². The van der Waals surface area contributed by atoms with Gasteiger partial charge in [-0.15, -0.1) is 0 Å². The molecule has 1 N–H and O–H groups in total. The zero-order chi connectivity index (χ0) is 15.2. The van der Waals surface area contributed by atoms with E-state index in [1.165, 1.54) is 0 Å². The molecule has 114 valence electrons. The normalized spacial score (nSPS) is 12.4. The summed E-state index contributed by atoms with van der Waals surface area (Å²) in [6, 6.07) is 10.2. The van der Waals surface area contributed by atoms with E-state index in [1.807, 2.05) is 38.1 Å². The van der Waals surface area contributed by atoms with Gasteiger partial charge in [0.25, 0.3) is 0 Å². The number of nitrogens with one attached hydrogen (secondary N) is 1. The van der Waals surface area contributed by atoms with E-state index >= 15 is 0 Å². The maximum Gasteiger partial charge on any atom is 0.125 e. The number of ether oxygens (including phenoxy) is 1. The molecule has 21 heavy (non-hydrogen) atoms. The van der Waals surface area contributed by atoms with Crippen molar-refractivity contribution in [3.63, 3.8) is 0 Å². The standard InChI is InChI=1S/C17H22BrNO2/c1-4-10-19-17(16-9-6-12(3)21-16)14-8-7-13(20-5-2)11-15(14)18/h6-9,11,17,19H,4-5,10H2,1-3H3. The minimum atomic E-state index is 0.0451. The number of halogens is 1. The van der Waals surface area contributed by atoms with E-state index in [9.17, 15) is 0 Å². The molecule has 0 aliphatic rings. The summed E-state index contributed by atoms with van der Waals surface area (Å²) in [5.41, 5.74) is 1.15.